The SMILES string of the molecule is CC(CC(=O)OCc1ccccc1C(N)=O)C1CCCCC1. The topological polar surface area (TPSA) is 69.4 Å². The van der Waals surface area contributed by atoms with Gasteiger partial charge in [-0.05, 0) is 17.9 Å². The summed E-state index contributed by atoms with van der Waals surface area (Å²) in [5.41, 5.74) is 6.39. The van der Waals surface area contributed by atoms with Gasteiger partial charge < -0.3 is 10.5 Å². The van der Waals surface area contributed by atoms with E-state index in [0.29, 0.717) is 29.4 Å². The molecule has 0 radical (unpaired) electrons. The summed E-state index contributed by atoms with van der Waals surface area (Å²) in [4.78, 5) is 23.3. The molecule has 22 heavy (non-hydrogen) atoms. The van der Waals surface area contributed by atoms with E-state index in [2.05, 4.69) is 6.92 Å². The lowest BCUT2D eigenvalue weighted by Gasteiger charge is -2.27. The molecule has 0 saturated heterocycles. The lowest BCUT2D eigenvalue weighted by molar-refractivity contribution is -0.146. The van der Waals surface area contributed by atoms with E-state index in [1.807, 2.05) is 0 Å². The Morgan fingerprint density at radius 2 is 1.91 bits per heavy atom. The van der Waals surface area contributed by atoms with Crippen LogP contribution in [0.15, 0.2) is 24.3 Å². The number of carbonyl (C=O) groups excluding carboxylic acids is 2. The smallest absolute Gasteiger partial charge is 0.306 e. The maximum atomic E-state index is 12.0. The summed E-state index contributed by atoms with van der Waals surface area (Å²) in [6.45, 7) is 2.24. The van der Waals surface area contributed by atoms with E-state index in [-0.39, 0.29) is 12.6 Å². The first-order valence-electron chi connectivity index (χ1n) is 8.11. The Labute approximate surface area is 132 Å². The highest BCUT2D eigenvalue weighted by molar-refractivity contribution is 5.94. The fraction of sp³-hybridized carbons (Fsp3) is 0.556. The van der Waals surface area contributed by atoms with Crippen LogP contribution in [-0.4, -0.2) is 11.9 Å². The molecule has 2 rings (SSSR count). The molecule has 2 N–H and O–H groups in total. The lowest BCUT2D eigenvalue weighted by Crippen LogP contribution is -2.20. The van der Waals surface area contributed by atoms with Gasteiger partial charge in [-0.1, -0.05) is 57.2 Å². The first-order chi connectivity index (χ1) is 10.6. The van der Waals surface area contributed by atoms with Crippen LogP contribution in [0.4, 0.5) is 0 Å². The van der Waals surface area contributed by atoms with E-state index in [4.69, 9.17) is 10.5 Å². The normalized spacial score (nSPS) is 17.0. The van der Waals surface area contributed by atoms with Gasteiger partial charge in [-0.25, -0.2) is 0 Å². The number of benzene rings is 1. The summed E-state index contributed by atoms with van der Waals surface area (Å²) in [6, 6.07) is 6.96. The van der Waals surface area contributed by atoms with Crippen molar-refractivity contribution < 1.29 is 14.3 Å². The Morgan fingerprint density at radius 3 is 2.59 bits per heavy atom. The van der Waals surface area contributed by atoms with Crippen LogP contribution in [0.1, 0.15) is 61.4 Å². The minimum Gasteiger partial charge on any atom is -0.461 e. The van der Waals surface area contributed by atoms with E-state index >= 15 is 0 Å². The number of hydrogen-bond donors (Lipinski definition) is 1. The van der Waals surface area contributed by atoms with Crippen LogP contribution in [0.5, 0.6) is 0 Å². The summed E-state index contributed by atoms with van der Waals surface area (Å²) >= 11 is 0. The second-order valence-corrected chi connectivity index (χ2v) is 6.26. The molecule has 4 heteroatoms. The van der Waals surface area contributed by atoms with Crippen LogP contribution < -0.4 is 5.73 Å². The van der Waals surface area contributed by atoms with Gasteiger partial charge in [-0.2, -0.15) is 0 Å². The maximum Gasteiger partial charge on any atom is 0.306 e. The number of ether oxygens (including phenoxy) is 1. The minimum atomic E-state index is -0.498. The van der Waals surface area contributed by atoms with E-state index in [9.17, 15) is 9.59 Å². The van der Waals surface area contributed by atoms with E-state index in [1.54, 1.807) is 24.3 Å². The van der Waals surface area contributed by atoms with Crippen molar-refractivity contribution in [3.05, 3.63) is 35.4 Å². The summed E-state index contributed by atoms with van der Waals surface area (Å²) in [7, 11) is 0. The number of carbonyl (C=O) groups is 2. The number of esters is 1. The van der Waals surface area contributed by atoms with Gasteiger partial charge in [0.2, 0.25) is 5.91 Å². The second kappa shape index (κ2) is 7.97. The molecule has 1 amide bonds. The first-order valence-corrected chi connectivity index (χ1v) is 8.11. The van der Waals surface area contributed by atoms with Gasteiger partial charge in [0.25, 0.3) is 0 Å². The van der Waals surface area contributed by atoms with E-state index < -0.39 is 5.91 Å². The van der Waals surface area contributed by atoms with Crippen molar-refractivity contribution in [1.82, 2.24) is 0 Å². The Kier molecular flexibility index (Phi) is 5.99. The van der Waals surface area contributed by atoms with Crippen LogP contribution in [-0.2, 0) is 16.1 Å². The van der Waals surface area contributed by atoms with Crippen LogP contribution in [0.3, 0.4) is 0 Å². The maximum absolute atomic E-state index is 12.0. The molecule has 0 heterocycles. The fourth-order valence-electron chi connectivity index (χ4n) is 3.24. The third-order valence-electron chi connectivity index (χ3n) is 4.61. The second-order valence-electron chi connectivity index (χ2n) is 6.26. The third kappa shape index (κ3) is 4.58. The zero-order valence-electron chi connectivity index (χ0n) is 13.2. The van der Waals surface area contributed by atoms with Gasteiger partial charge >= 0.3 is 5.97 Å². The Morgan fingerprint density at radius 1 is 1.23 bits per heavy atom. The highest BCUT2D eigenvalue weighted by atomic mass is 16.5. The Hall–Kier alpha value is -1.84. The highest BCUT2D eigenvalue weighted by Gasteiger charge is 2.22. The number of primary amides is 1. The predicted octanol–water partition coefficient (Wildman–Crippen LogP) is 3.44. The summed E-state index contributed by atoms with van der Waals surface area (Å²) in [5.74, 6) is 0.304. The van der Waals surface area contributed by atoms with Gasteiger partial charge in [0, 0.05) is 17.5 Å². The summed E-state index contributed by atoms with van der Waals surface area (Å²) < 4.78 is 5.33. The highest BCUT2D eigenvalue weighted by Crippen LogP contribution is 2.31. The minimum absolute atomic E-state index is 0.106. The number of amides is 1. The van der Waals surface area contributed by atoms with E-state index in [0.717, 1.165) is 0 Å². The molecule has 1 aromatic carbocycles. The molecule has 0 aliphatic heterocycles. The zero-order valence-corrected chi connectivity index (χ0v) is 13.2. The Bertz CT molecular complexity index is 521. The van der Waals surface area contributed by atoms with Gasteiger partial charge in [0.15, 0.2) is 0 Å². The van der Waals surface area contributed by atoms with Crippen molar-refractivity contribution in [1.29, 1.82) is 0 Å². The van der Waals surface area contributed by atoms with Crippen molar-refractivity contribution in [2.45, 2.75) is 52.1 Å². The van der Waals surface area contributed by atoms with Crippen molar-refractivity contribution in [2.75, 3.05) is 0 Å². The van der Waals surface area contributed by atoms with Crippen LogP contribution in [0, 0.1) is 11.8 Å². The van der Waals surface area contributed by atoms with Crippen molar-refractivity contribution in [3.63, 3.8) is 0 Å². The molecule has 0 bridgehead atoms. The van der Waals surface area contributed by atoms with Crippen LogP contribution in [0.2, 0.25) is 0 Å². The molecular weight excluding hydrogens is 278 g/mol. The van der Waals surface area contributed by atoms with Crippen molar-refractivity contribution >= 4 is 11.9 Å². The van der Waals surface area contributed by atoms with Crippen LogP contribution in [0.25, 0.3) is 0 Å². The molecule has 120 valence electrons. The average molecular weight is 303 g/mol. The molecule has 1 aliphatic rings. The summed E-state index contributed by atoms with van der Waals surface area (Å²) in [6.07, 6.45) is 6.75. The molecule has 4 nitrogen and oxygen atoms in total. The Balaban J connectivity index is 1.84. The molecule has 1 saturated carbocycles. The standard InChI is InChI=1S/C18H25NO3/c1-13(14-7-3-2-4-8-14)11-17(20)22-12-15-9-5-6-10-16(15)18(19)21/h5-6,9-10,13-14H,2-4,7-8,11-12H2,1H3,(H2,19,21). The average Bonchev–Trinajstić information content (AvgIpc) is 2.54. The molecule has 1 aliphatic carbocycles. The third-order valence-corrected chi connectivity index (χ3v) is 4.61. The molecule has 0 spiro atoms. The lowest BCUT2D eigenvalue weighted by atomic mass is 9.79. The van der Waals surface area contributed by atoms with Crippen molar-refractivity contribution in [3.8, 4) is 0 Å². The first kappa shape index (κ1) is 16.5. The number of rotatable bonds is 6. The molecule has 1 unspecified atom stereocenters. The molecule has 1 aromatic rings. The molecule has 0 aromatic heterocycles. The number of nitrogens with two attached hydrogens (primary N) is 1. The summed E-state index contributed by atoms with van der Waals surface area (Å²) in [5, 5.41) is 0. The fourth-order valence-corrected chi connectivity index (χ4v) is 3.24. The predicted molar refractivity (Wildman–Crippen MR) is 85.1 cm³/mol. The largest absolute Gasteiger partial charge is 0.461 e. The van der Waals surface area contributed by atoms with E-state index in [1.165, 1.54) is 32.1 Å². The van der Waals surface area contributed by atoms with Crippen LogP contribution >= 0.6 is 0 Å². The molecule has 1 fully saturated rings. The van der Waals surface area contributed by atoms with Gasteiger partial charge in [0.05, 0.1) is 0 Å². The zero-order chi connectivity index (χ0) is 15.9. The van der Waals surface area contributed by atoms with Gasteiger partial charge in [0.1, 0.15) is 6.61 Å². The number of hydrogen-bond acceptors (Lipinski definition) is 3. The van der Waals surface area contributed by atoms with Gasteiger partial charge in [-0.15, -0.1) is 0 Å². The monoisotopic (exact) mass is 303 g/mol. The molecule has 1 atom stereocenters. The van der Waals surface area contributed by atoms with Gasteiger partial charge in [-0.3, -0.25) is 9.59 Å². The quantitative estimate of drug-likeness (QED) is 0.818. The molecular formula is C18H25NO3. The van der Waals surface area contributed by atoms with Crippen molar-refractivity contribution in [2.24, 2.45) is 17.6 Å².